The molecule has 144 valence electrons. The van der Waals surface area contributed by atoms with E-state index >= 15 is 0 Å². The molecule has 1 aromatic carbocycles. The van der Waals surface area contributed by atoms with Gasteiger partial charge in [0.25, 0.3) is 11.6 Å². The zero-order valence-electron chi connectivity index (χ0n) is 15.8. The summed E-state index contributed by atoms with van der Waals surface area (Å²) in [6, 6.07) is 14.6. The van der Waals surface area contributed by atoms with Crippen molar-refractivity contribution in [1.29, 1.82) is 0 Å². The number of aromatic nitrogens is 2. The van der Waals surface area contributed by atoms with Gasteiger partial charge in [0.2, 0.25) is 0 Å². The third kappa shape index (κ3) is 2.97. The average Bonchev–Trinajstić information content (AvgIpc) is 3.47. The third-order valence-electron chi connectivity index (χ3n) is 4.85. The number of hydrogen-bond donors (Lipinski definition) is 1. The van der Waals surface area contributed by atoms with Crippen LogP contribution in [-0.4, -0.2) is 16.0 Å². The molecule has 0 aliphatic heterocycles. The lowest BCUT2D eigenvalue weighted by Gasteiger charge is -2.12. The quantitative estimate of drug-likeness (QED) is 0.465. The lowest BCUT2D eigenvalue weighted by atomic mass is 10.1. The average molecular weight is 387 g/mol. The van der Waals surface area contributed by atoms with E-state index in [0.717, 1.165) is 11.0 Å². The van der Waals surface area contributed by atoms with E-state index in [9.17, 15) is 4.79 Å². The molecule has 1 amide bonds. The molecule has 1 N–H and O–H groups in total. The summed E-state index contributed by atoms with van der Waals surface area (Å²) < 4.78 is 16.6. The van der Waals surface area contributed by atoms with Crippen LogP contribution in [0.5, 0.6) is 0 Å². The molecule has 0 bridgehead atoms. The van der Waals surface area contributed by atoms with Crippen molar-refractivity contribution >= 4 is 28.0 Å². The molecule has 5 aromatic rings. The van der Waals surface area contributed by atoms with Crippen molar-refractivity contribution in [1.82, 2.24) is 15.5 Å². The molecule has 0 spiro atoms. The van der Waals surface area contributed by atoms with Crippen molar-refractivity contribution in [3.8, 4) is 11.5 Å². The summed E-state index contributed by atoms with van der Waals surface area (Å²) in [5, 5.41) is 8.52. The molecule has 7 nitrogen and oxygen atoms in total. The summed E-state index contributed by atoms with van der Waals surface area (Å²) in [7, 11) is 0. The first-order chi connectivity index (χ1) is 14.1. The number of carbonyl (C=O) groups excluding carboxylic acids is 1. The van der Waals surface area contributed by atoms with Gasteiger partial charge in [-0.25, -0.2) is 4.98 Å². The second-order valence-electron chi connectivity index (χ2n) is 6.86. The fourth-order valence-electron chi connectivity index (χ4n) is 3.39. The van der Waals surface area contributed by atoms with Gasteiger partial charge in [0.1, 0.15) is 17.0 Å². The lowest BCUT2D eigenvalue weighted by molar-refractivity contribution is 0.0937. The van der Waals surface area contributed by atoms with Crippen molar-refractivity contribution in [3.05, 3.63) is 71.8 Å². The molecular weight excluding hydrogens is 370 g/mol. The van der Waals surface area contributed by atoms with Crippen LogP contribution in [-0.2, 0) is 0 Å². The Hall–Kier alpha value is -3.87. The number of rotatable bonds is 4. The van der Waals surface area contributed by atoms with Crippen molar-refractivity contribution in [3.63, 3.8) is 0 Å². The van der Waals surface area contributed by atoms with Gasteiger partial charge in [-0.3, -0.25) is 4.79 Å². The number of amides is 1. The summed E-state index contributed by atoms with van der Waals surface area (Å²) >= 11 is 0. The molecule has 0 saturated heterocycles. The Morgan fingerprint density at radius 2 is 2.00 bits per heavy atom. The minimum Gasteiger partial charge on any atom is -0.463 e. The first-order valence-corrected chi connectivity index (χ1v) is 9.20. The molecule has 29 heavy (non-hydrogen) atoms. The van der Waals surface area contributed by atoms with Crippen LogP contribution in [0.3, 0.4) is 0 Å². The molecule has 0 fully saturated rings. The highest BCUT2D eigenvalue weighted by Crippen LogP contribution is 2.28. The Bertz CT molecular complexity index is 1300. The van der Waals surface area contributed by atoms with Crippen LogP contribution in [0.2, 0.25) is 0 Å². The number of carbonyl (C=O) groups is 1. The van der Waals surface area contributed by atoms with Crippen molar-refractivity contribution in [2.45, 2.75) is 19.9 Å². The Kier molecular flexibility index (Phi) is 3.94. The van der Waals surface area contributed by atoms with Crippen LogP contribution < -0.4 is 5.32 Å². The third-order valence-corrected chi connectivity index (χ3v) is 4.85. The predicted octanol–water partition coefficient (Wildman–Crippen LogP) is 5.03. The SMILES string of the molecule is Cc1noc2nc(-c3ccco3)cc(C(=O)NC(C)c3cc4ccccc4o3)c12. The van der Waals surface area contributed by atoms with Crippen molar-refractivity contribution in [2.75, 3.05) is 0 Å². The number of furan rings is 2. The summed E-state index contributed by atoms with van der Waals surface area (Å²) in [5.74, 6) is 0.947. The summed E-state index contributed by atoms with van der Waals surface area (Å²) in [6.07, 6.45) is 1.55. The molecule has 0 aliphatic rings. The van der Waals surface area contributed by atoms with Gasteiger partial charge in [0.15, 0.2) is 5.76 Å². The number of hydrogen-bond acceptors (Lipinski definition) is 6. The molecule has 7 heteroatoms. The van der Waals surface area contributed by atoms with Gasteiger partial charge in [0, 0.05) is 5.39 Å². The zero-order chi connectivity index (χ0) is 20.0. The van der Waals surface area contributed by atoms with E-state index in [1.54, 1.807) is 31.4 Å². The Morgan fingerprint density at radius 3 is 2.79 bits per heavy atom. The first-order valence-electron chi connectivity index (χ1n) is 9.20. The highest BCUT2D eigenvalue weighted by molar-refractivity contribution is 6.07. The Labute approximate surface area is 165 Å². The second-order valence-corrected chi connectivity index (χ2v) is 6.86. The minimum absolute atomic E-state index is 0.274. The van der Waals surface area contributed by atoms with Gasteiger partial charge in [-0.2, -0.15) is 0 Å². The number of aryl methyl sites for hydroxylation is 1. The molecule has 0 radical (unpaired) electrons. The molecule has 1 atom stereocenters. The number of para-hydroxylation sites is 1. The number of nitrogens with one attached hydrogen (secondary N) is 1. The van der Waals surface area contributed by atoms with Crippen molar-refractivity contribution in [2.24, 2.45) is 0 Å². The second kappa shape index (κ2) is 6.63. The van der Waals surface area contributed by atoms with Crippen LogP contribution in [0, 0.1) is 6.92 Å². The minimum atomic E-state index is -0.328. The molecule has 4 aromatic heterocycles. The monoisotopic (exact) mass is 387 g/mol. The molecule has 0 aliphatic carbocycles. The van der Waals surface area contributed by atoms with Gasteiger partial charge in [-0.05, 0) is 44.2 Å². The van der Waals surface area contributed by atoms with E-state index in [1.807, 2.05) is 37.3 Å². The van der Waals surface area contributed by atoms with E-state index in [1.165, 1.54) is 0 Å². The predicted molar refractivity (Wildman–Crippen MR) is 106 cm³/mol. The molecular formula is C22H17N3O4. The van der Waals surface area contributed by atoms with Crippen LogP contribution in [0.25, 0.3) is 33.5 Å². The van der Waals surface area contributed by atoms with Crippen molar-refractivity contribution < 1.29 is 18.2 Å². The van der Waals surface area contributed by atoms with E-state index < -0.39 is 0 Å². The van der Waals surface area contributed by atoms with Crippen LogP contribution in [0.1, 0.15) is 34.8 Å². The van der Waals surface area contributed by atoms with E-state index in [4.69, 9.17) is 13.4 Å². The largest absolute Gasteiger partial charge is 0.463 e. The summed E-state index contributed by atoms with van der Waals surface area (Å²) in [6.45, 7) is 3.65. The Balaban J connectivity index is 1.52. The van der Waals surface area contributed by atoms with Gasteiger partial charge >= 0.3 is 0 Å². The van der Waals surface area contributed by atoms with E-state index in [0.29, 0.717) is 33.9 Å². The number of benzene rings is 1. The van der Waals surface area contributed by atoms with Gasteiger partial charge in [0.05, 0.1) is 28.9 Å². The van der Waals surface area contributed by atoms with E-state index in [2.05, 4.69) is 15.5 Å². The number of pyridine rings is 1. The van der Waals surface area contributed by atoms with Gasteiger partial charge < -0.3 is 18.7 Å². The fraction of sp³-hybridized carbons (Fsp3) is 0.136. The fourth-order valence-corrected chi connectivity index (χ4v) is 3.39. The normalized spacial score (nSPS) is 12.5. The lowest BCUT2D eigenvalue weighted by Crippen LogP contribution is -2.26. The maximum absolute atomic E-state index is 13.1. The zero-order valence-corrected chi connectivity index (χ0v) is 15.8. The maximum Gasteiger partial charge on any atom is 0.259 e. The van der Waals surface area contributed by atoms with Gasteiger partial charge in [-0.15, -0.1) is 0 Å². The van der Waals surface area contributed by atoms with Crippen LogP contribution in [0.15, 0.2) is 68.2 Å². The van der Waals surface area contributed by atoms with Crippen LogP contribution in [0.4, 0.5) is 0 Å². The molecule has 0 saturated carbocycles. The standard InChI is InChI=1S/C22H17N3O4/c1-12(19-10-14-6-3-4-7-17(14)28-19)23-21(26)15-11-16(18-8-5-9-27-18)24-22-20(15)13(2)25-29-22/h3-12H,1-2H3,(H,23,26). The van der Waals surface area contributed by atoms with Crippen LogP contribution >= 0.6 is 0 Å². The van der Waals surface area contributed by atoms with E-state index in [-0.39, 0.29) is 17.7 Å². The number of fused-ring (bicyclic) bond motifs is 2. The molecule has 4 heterocycles. The smallest absolute Gasteiger partial charge is 0.259 e. The molecule has 5 rings (SSSR count). The molecule has 1 unspecified atom stereocenters. The van der Waals surface area contributed by atoms with Gasteiger partial charge in [-0.1, -0.05) is 23.4 Å². The Morgan fingerprint density at radius 1 is 1.14 bits per heavy atom. The maximum atomic E-state index is 13.1. The summed E-state index contributed by atoms with van der Waals surface area (Å²) in [4.78, 5) is 17.6. The topological polar surface area (TPSA) is 94.3 Å². The highest BCUT2D eigenvalue weighted by atomic mass is 16.5. The highest BCUT2D eigenvalue weighted by Gasteiger charge is 2.22. The first kappa shape index (κ1) is 17.2. The summed E-state index contributed by atoms with van der Waals surface area (Å²) in [5.41, 5.74) is 2.59. The number of nitrogens with zero attached hydrogens (tertiary/aromatic N) is 2.